The number of morpholine rings is 1. The molecule has 1 aliphatic heterocycles. The summed E-state index contributed by atoms with van der Waals surface area (Å²) >= 11 is 0. The van der Waals surface area contributed by atoms with Crippen LogP contribution in [0.3, 0.4) is 0 Å². The van der Waals surface area contributed by atoms with Crippen molar-refractivity contribution in [1.29, 1.82) is 0 Å². The van der Waals surface area contributed by atoms with E-state index in [2.05, 4.69) is 32.0 Å². The summed E-state index contributed by atoms with van der Waals surface area (Å²) in [6, 6.07) is 6.25. The molecule has 3 heterocycles. The number of hydrogen-bond acceptors (Lipinski definition) is 6. The maximum atomic E-state index is 5.97. The average molecular weight is 341 g/mol. The number of nitrogens with zero attached hydrogens (tertiary/aromatic N) is 5. The normalized spacial score (nSPS) is 18.3. The Bertz CT molecular complexity index is 691. The van der Waals surface area contributed by atoms with Gasteiger partial charge in [-0.1, -0.05) is 0 Å². The monoisotopic (exact) mass is 341 g/mol. The van der Waals surface area contributed by atoms with Crippen molar-refractivity contribution in [3.8, 4) is 0 Å². The van der Waals surface area contributed by atoms with Gasteiger partial charge in [-0.3, -0.25) is 4.90 Å². The van der Waals surface area contributed by atoms with Crippen LogP contribution in [0.25, 0.3) is 0 Å². The zero-order valence-electron chi connectivity index (χ0n) is 15.4. The zero-order chi connectivity index (χ0) is 17.6. The van der Waals surface area contributed by atoms with Crippen molar-refractivity contribution in [3.63, 3.8) is 0 Å². The summed E-state index contributed by atoms with van der Waals surface area (Å²) in [7, 11) is 4.03. The lowest BCUT2D eigenvalue weighted by molar-refractivity contribution is -0.0349. The summed E-state index contributed by atoms with van der Waals surface area (Å²) in [4.78, 5) is 17.5. The van der Waals surface area contributed by atoms with Crippen LogP contribution in [0.4, 0.5) is 5.82 Å². The van der Waals surface area contributed by atoms with E-state index in [1.807, 2.05) is 44.4 Å². The molecule has 0 spiro atoms. The molecule has 134 valence electrons. The molecule has 25 heavy (non-hydrogen) atoms. The van der Waals surface area contributed by atoms with Crippen LogP contribution in [0.15, 0.2) is 30.6 Å². The minimum atomic E-state index is 0.271. The first-order valence-electron chi connectivity index (χ1n) is 8.85. The van der Waals surface area contributed by atoms with Gasteiger partial charge >= 0.3 is 0 Å². The molecule has 1 fully saturated rings. The molecular weight excluding hydrogens is 314 g/mol. The Morgan fingerprint density at radius 2 is 2.08 bits per heavy atom. The molecule has 0 saturated carbocycles. The van der Waals surface area contributed by atoms with Gasteiger partial charge in [-0.05, 0) is 43.5 Å². The first-order valence-corrected chi connectivity index (χ1v) is 8.85. The molecule has 3 rings (SSSR count). The number of aromatic nitrogens is 3. The zero-order valence-corrected chi connectivity index (χ0v) is 15.4. The van der Waals surface area contributed by atoms with Crippen molar-refractivity contribution in [2.75, 3.05) is 38.7 Å². The predicted molar refractivity (Wildman–Crippen MR) is 98.7 cm³/mol. The first kappa shape index (κ1) is 17.8. The molecule has 0 aromatic carbocycles. The molecule has 0 unspecified atom stereocenters. The molecule has 0 amide bonds. The van der Waals surface area contributed by atoms with E-state index in [1.165, 1.54) is 5.56 Å². The highest BCUT2D eigenvalue weighted by Crippen LogP contribution is 2.16. The molecule has 0 radical (unpaired) electrons. The number of rotatable bonds is 6. The van der Waals surface area contributed by atoms with Crippen molar-refractivity contribution < 1.29 is 4.74 Å². The highest BCUT2D eigenvalue weighted by atomic mass is 16.5. The molecule has 0 aliphatic carbocycles. The van der Waals surface area contributed by atoms with E-state index in [1.54, 1.807) is 0 Å². The molecule has 2 aromatic rings. The summed E-state index contributed by atoms with van der Waals surface area (Å²) in [6.45, 7) is 5.49. The second kappa shape index (κ2) is 8.36. The van der Waals surface area contributed by atoms with Gasteiger partial charge < -0.3 is 9.64 Å². The van der Waals surface area contributed by atoms with E-state index in [0.29, 0.717) is 0 Å². The van der Waals surface area contributed by atoms with Gasteiger partial charge in [-0.15, -0.1) is 0 Å². The summed E-state index contributed by atoms with van der Waals surface area (Å²) in [5.74, 6) is 1.83. The van der Waals surface area contributed by atoms with E-state index < -0.39 is 0 Å². The van der Waals surface area contributed by atoms with Crippen LogP contribution in [0, 0.1) is 6.92 Å². The largest absolute Gasteiger partial charge is 0.376 e. The van der Waals surface area contributed by atoms with Crippen molar-refractivity contribution in [2.24, 2.45) is 0 Å². The maximum absolute atomic E-state index is 5.97. The van der Waals surface area contributed by atoms with Gasteiger partial charge in [0.15, 0.2) is 0 Å². The van der Waals surface area contributed by atoms with Gasteiger partial charge in [-0.25, -0.2) is 15.0 Å². The van der Waals surface area contributed by atoms with Crippen LogP contribution in [-0.2, 0) is 17.7 Å². The van der Waals surface area contributed by atoms with Gasteiger partial charge in [0, 0.05) is 46.1 Å². The van der Waals surface area contributed by atoms with Crippen LogP contribution in [0.5, 0.6) is 0 Å². The summed E-state index contributed by atoms with van der Waals surface area (Å²) in [5.41, 5.74) is 2.39. The Morgan fingerprint density at radius 1 is 1.24 bits per heavy atom. The fourth-order valence-electron chi connectivity index (χ4n) is 3.11. The first-order chi connectivity index (χ1) is 12.1. The minimum absolute atomic E-state index is 0.271. The number of pyridine rings is 1. The summed E-state index contributed by atoms with van der Waals surface area (Å²) in [5, 5.41) is 0. The lowest BCUT2D eigenvalue weighted by atomic mass is 10.1. The third-order valence-electron chi connectivity index (χ3n) is 4.47. The third-order valence-corrected chi connectivity index (χ3v) is 4.47. The fourth-order valence-corrected chi connectivity index (χ4v) is 3.11. The summed E-state index contributed by atoms with van der Waals surface area (Å²) in [6.07, 6.45) is 6.02. The van der Waals surface area contributed by atoms with E-state index >= 15 is 0 Å². The van der Waals surface area contributed by atoms with Gasteiger partial charge in [0.1, 0.15) is 11.6 Å². The van der Waals surface area contributed by atoms with E-state index in [0.717, 1.165) is 56.4 Å². The summed E-state index contributed by atoms with van der Waals surface area (Å²) < 4.78 is 5.97. The van der Waals surface area contributed by atoms with Gasteiger partial charge in [0.25, 0.3) is 0 Å². The average Bonchev–Trinajstić information content (AvgIpc) is 2.60. The molecule has 2 aromatic heterocycles. The predicted octanol–water partition coefficient (Wildman–Crippen LogP) is 2.08. The smallest absolute Gasteiger partial charge is 0.128 e. The molecule has 1 aliphatic rings. The Morgan fingerprint density at radius 3 is 2.88 bits per heavy atom. The van der Waals surface area contributed by atoms with Gasteiger partial charge in [0.05, 0.1) is 18.4 Å². The highest BCUT2D eigenvalue weighted by molar-refractivity contribution is 5.39. The Kier molecular flexibility index (Phi) is 5.94. The molecule has 6 nitrogen and oxygen atoms in total. The van der Waals surface area contributed by atoms with Crippen molar-refractivity contribution >= 4 is 5.82 Å². The van der Waals surface area contributed by atoms with Crippen LogP contribution in [0.2, 0.25) is 0 Å². The second-order valence-electron chi connectivity index (χ2n) is 6.78. The maximum Gasteiger partial charge on any atom is 0.128 e. The minimum Gasteiger partial charge on any atom is -0.376 e. The lowest BCUT2D eigenvalue weighted by Gasteiger charge is -2.32. The molecular formula is C19H27N5O. The second-order valence-corrected chi connectivity index (χ2v) is 6.78. The van der Waals surface area contributed by atoms with Crippen molar-refractivity contribution in [3.05, 3.63) is 47.7 Å². The van der Waals surface area contributed by atoms with Crippen LogP contribution in [0.1, 0.15) is 23.5 Å². The van der Waals surface area contributed by atoms with Crippen LogP contribution >= 0.6 is 0 Å². The molecule has 0 bridgehead atoms. The Labute approximate surface area is 149 Å². The quantitative estimate of drug-likeness (QED) is 0.802. The molecule has 1 saturated heterocycles. The number of ether oxygens (including phenoxy) is 1. The molecule has 0 N–H and O–H groups in total. The highest BCUT2D eigenvalue weighted by Gasteiger charge is 2.20. The van der Waals surface area contributed by atoms with Crippen molar-refractivity contribution in [2.45, 2.75) is 32.4 Å². The van der Waals surface area contributed by atoms with Crippen molar-refractivity contribution in [1.82, 2.24) is 19.9 Å². The number of anilines is 1. The molecule has 6 heteroatoms. The fraction of sp³-hybridized carbons (Fsp3) is 0.526. The topological polar surface area (TPSA) is 54.4 Å². The number of aryl methyl sites for hydroxylation is 2. The Balaban J connectivity index is 1.52. The van der Waals surface area contributed by atoms with Crippen LogP contribution < -0.4 is 4.90 Å². The van der Waals surface area contributed by atoms with E-state index in [4.69, 9.17) is 4.74 Å². The molecule has 1 atom stereocenters. The number of hydrogen-bond donors (Lipinski definition) is 0. The lowest BCUT2D eigenvalue weighted by Crippen LogP contribution is -2.42. The Hall–Kier alpha value is -2.05. The van der Waals surface area contributed by atoms with E-state index in [-0.39, 0.29) is 6.10 Å². The SMILES string of the molecule is Cc1nccc(CN2CCO[C@@H](CCc3ccnc(N(C)C)c3)C2)n1. The van der Waals surface area contributed by atoms with E-state index in [9.17, 15) is 0 Å². The van der Waals surface area contributed by atoms with Gasteiger partial charge in [0.2, 0.25) is 0 Å². The third kappa shape index (κ3) is 5.21. The van der Waals surface area contributed by atoms with Crippen LogP contribution in [-0.4, -0.2) is 59.7 Å². The standard InChI is InChI=1S/C19H27N5O/c1-15-20-9-7-17(22-15)13-24-10-11-25-18(14-24)5-4-16-6-8-21-19(12-16)23(2)3/h6-9,12,18H,4-5,10-11,13-14H2,1-3H3/t18-/m0/s1. The van der Waals surface area contributed by atoms with Gasteiger partial charge in [-0.2, -0.15) is 0 Å².